The molecule has 11 aromatic rings. The van der Waals surface area contributed by atoms with E-state index in [9.17, 15) is 0 Å². The molecule has 0 amide bonds. The Kier molecular flexibility index (Phi) is 8.36. The van der Waals surface area contributed by atoms with E-state index in [1.54, 1.807) is 0 Å². The third-order valence-corrected chi connectivity index (χ3v) is 12.4. The number of furan rings is 1. The fourth-order valence-corrected chi connectivity index (χ4v) is 9.62. The molecule has 0 unspecified atom stereocenters. The lowest BCUT2D eigenvalue weighted by molar-refractivity contribution is 0.669. The number of rotatable bonds is 7. The third kappa shape index (κ3) is 5.72. The average Bonchev–Trinajstić information content (AvgIpc) is 3.87. The maximum absolute atomic E-state index is 6.31. The van der Waals surface area contributed by atoms with E-state index in [2.05, 4.69) is 170 Å². The van der Waals surface area contributed by atoms with E-state index in [0.29, 0.717) is 17.5 Å². The van der Waals surface area contributed by atoms with Gasteiger partial charge in [-0.2, -0.15) is 0 Å². The highest BCUT2D eigenvalue weighted by Crippen LogP contribution is 2.58. The van der Waals surface area contributed by atoms with Gasteiger partial charge in [0.05, 0.1) is 5.41 Å². The Labute approximate surface area is 359 Å². The molecule has 0 spiro atoms. The van der Waals surface area contributed by atoms with E-state index >= 15 is 0 Å². The van der Waals surface area contributed by atoms with Gasteiger partial charge in [-0.1, -0.05) is 188 Å². The van der Waals surface area contributed by atoms with Crippen molar-refractivity contribution in [2.45, 2.75) is 5.41 Å². The fourth-order valence-electron chi connectivity index (χ4n) is 9.62. The standard InChI is InChI=1S/C58H37N3O/c1-5-18-38(19-6-1)48-36-50-45-28-13-15-30-51(45)58(43-24-9-3-10-25-43,44-26-11-4-12-27-44)52(50)37-49(48)40-22-17-23-41(34-40)56-59-55(39-20-7-2-8-21-39)60-57(61-56)42-32-33-47-46-29-14-16-31-53(46)62-54(47)35-42/h1-37H. The second-order valence-corrected chi connectivity index (χ2v) is 15.9. The molecule has 0 fully saturated rings. The van der Waals surface area contributed by atoms with Crippen LogP contribution in [-0.2, 0) is 5.41 Å². The first-order chi connectivity index (χ1) is 30.7. The maximum Gasteiger partial charge on any atom is 0.164 e. The molecule has 2 aromatic heterocycles. The van der Waals surface area contributed by atoms with E-state index < -0.39 is 5.41 Å². The summed E-state index contributed by atoms with van der Waals surface area (Å²) in [6, 6.07) is 79.6. The van der Waals surface area contributed by atoms with Crippen LogP contribution in [0.15, 0.2) is 229 Å². The van der Waals surface area contributed by atoms with Gasteiger partial charge < -0.3 is 4.42 Å². The van der Waals surface area contributed by atoms with Gasteiger partial charge in [0.2, 0.25) is 0 Å². The topological polar surface area (TPSA) is 51.8 Å². The summed E-state index contributed by atoms with van der Waals surface area (Å²) >= 11 is 0. The SMILES string of the molecule is c1ccc(-c2nc(-c3cccc(-c4cc5c(cc4-c4ccccc4)-c4ccccc4C5(c4ccccc4)c4ccccc4)c3)nc(-c3ccc4c(c3)oc3ccccc34)n2)cc1. The number of fused-ring (bicyclic) bond motifs is 6. The zero-order valence-corrected chi connectivity index (χ0v) is 33.6. The van der Waals surface area contributed by atoms with E-state index in [-0.39, 0.29) is 0 Å². The van der Waals surface area contributed by atoms with Gasteiger partial charge in [-0.3, -0.25) is 0 Å². The van der Waals surface area contributed by atoms with Gasteiger partial charge in [0.15, 0.2) is 17.5 Å². The number of benzene rings is 9. The quantitative estimate of drug-likeness (QED) is 0.161. The Morgan fingerprint density at radius 1 is 0.290 bits per heavy atom. The van der Waals surface area contributed by atoms with Crippen LogP contribution in [0, 0.1) is 0 Å². The number of nitrogens with zero attached hydrogens (tertiary/aromatic N) is 3. The molecule has 4 nitrogen and oxygen atoms in total. The lowest BCUT2D eigenvalue weighted by Crippen LogP contribution is -2.28. The van der Waals surface area contributed by atoms with E-state index in [1.807, 2.05) is 54.6 Å². The van der Waals surface area contributed by atoms with Gasteiger partial charge in [-0.15, -0.1) is 0 Å². The fraction of sp³-hybridized carbons (Fsp3) is 0.0172. The molecule has 0 saturated heterocycles. The Bertz CT molecular complexity index is 3410. The van der Waals surface area contributed by atoms with Crippen LogP contribution >= 0.6 is 0 Å². The molecule has 2 heterocycles. The highest BCUT2D eigenvalue weighted by Gasteiger charge is 2.46. The van der Waals surface area contributed by atoms with Crippen molar-refractivity contribution in [2.24, 2.45) is 0 Å². The van der Waals surface area contributed by atoms with Crippen molar-refractivity contribution < 1.29 is 4.42 Å². The Balaban J connectivity index is 1.08. The van der Waals surface area contributed by atoms with Crippen LogP contribution in [-0.4, -0.2) is 15.0 Å². The highest BCUT2D eigenvalue weighted by molar-refractivity contribution is 6.05. The minimum Gasteiger partial charge on any atom is -0.456 e. The molecule has 0 radical (unpaired) electrons. The van der Waals surface area contributed by atoms with Crippen molar-refractivity contribution in [2.75, 3.05) is 0 Å². The molecule has 0 aliphatic heterocycles. The molecule has 62 heavy (non-hydrogen) atoms. The molecule has 290 valence electrons. The summed E-state index contributed by atoms with van der Waals surface area (Å²) in [5, 5.41) is 2.15. The monoisotopic (exact) mass is 791 g/mol. The van der Waals surface area contributed by atoms with Crippen molar-refractivity contribution in [1.29, 1.82) is 0 Å². The van der Waals surface area contributed by atoms with Crippen molar-refractivity contribution in [1.82, 2.24) is 15.0 Å². The third-order valence-electron chi connectivity index (χ3n) is 12.4. The van der Waals surface area contributed by atoms with Crippen LogP contribution in [0.25, 0.3) is 89.5 Å². The van der Waals surface area contributed by atoms with Gasteiger partial charge in [0.25, 0.3) is 0 Å². The van der Waals surface area contributed by atoms with Crippen molar-refractivity contribution in [3.63, 3.8) is 0 Å². The molecule has 0 N–H and O–H groups in total. The molecular weight excluding hydrogens is 755 g/mol. The molecule has 0 bridgehead atoms. The van der Waals surface area contributed by atoms with Crippen molar-refractivity contribution >= 4 is 21.9 Å². The highest BCUT2D eigenvalue weighted by atomic mass is 16.3. The first-order valence-electron chi connectivity index (χ1n) is 21.0. The summed E-state index contributed by atoms with van der Waals surface area (Å²) in [5.41, 5.74) is 15.8. The van der Waals surface area contributed by atoms with Gasteiger partial charge in [-0.05, 0) is 92.0 Å². The predicted molar refractivity (Wildman–Crippen MR) is 252 cm³/mol. The minimum absolute atomic E-state index is 0.537. The van der Waals surface area contributed by atoms with Gasteiger partial charge in [0.1, 0.15) is 11.2 Å². The Morgan fingerprint density at radius 3 is 1.52 bits per heavy atom. The van der Waals surface area contributed by atoms with Crippen LogP contribution in [0.5, 0.6) is 0 Å². The summed E-state index contributed by atoms with van der Waals surface area (Å²) < 4.78 is 6.31. The molecule has 4 heteroatoms. The lowest BCUT2D eigenvalue weighted by atomic mass is 9.67. The molecule has 1 aliphatic rings. The number of hydrogen-bond donors (Lipinski definition) is 0. The minimum atomic E-state index is -0.537. The number of hydrogen-bond acceptors (Lipinski definition) is 4. The summed E-state index contributed by atoms with van der Waals surface area (Å²) in [5.74, 6) is 1.78. The Hall–Kier alpha value is -8.21. The maximum atomic E-state index is 6.31. The van der Waals surface area contributed by atoms with Gasteiger partial charge in [0, 0.05) is 27.5 Å². The Morgan fingerprint density at radius 2 is 0.806 bits per heavy atom. The zero-order chi connectivity index (χ0) is 41.0. The summed E-state index contributed by atoms with van der Waals surface area (Å²) in [6.07, 6.45) is 0. The van der Waals surface area contributed by atoms with Gasteiger partial charge in [-0.25, -0.2) is 15.0 Å². The average molecular weight is 792 g/mol. The molecular formula is C58H37N3O. The summed E-state index contributed by atoms with van der Waals surface area (Å²) in [7, 11) is 0. The van der Waals surface area contributed by atoms with E-state index in [0.717, 1.165) is 60.9 Å². The first kappa shape index (κ1) is 35.7. The van der Waals surface area contributed by atoms with Crippen LogP contribution in [0.4, 0.5) is 0 Å². The van der Waals surface area contributed by atoms with Crippen LogP contribution in [0.3, 0.4) is 0 Å². The number of aromatic nitrogens is 3. The van der Waals surface area contributed by atoms with E-state index in [1.165, 1.54) is 33.4 Å². The van der Waals surface area contributed by atoms with Crippen molar-refractivity contribution in [3.8, 4) is 67.5 Å². The van der Waals surface area contributed by atoms with Crippen LogP contribution in [0.1, 0.15) is 22.3 Å². The van der Waals surface area contributed by atoms with Crippen LogP contribution in [0.2, 0.25) is 0 Å². The molecule has 0 atom stereocenters. The molecule has 12 rings (SSSR count). The molecule has 1 aliphatic carbocycles. The zero-order valence-electron chi connectivity index (χ0n) is 33.6. The summed E-state index contributed by atoms with van der Waals surface area (Å²) in [4.78, 5) is 15.4. The summed E-state index contributed by atoms with van der Waals surface area (Å²) in [6.45, 7) is 0. The van der Waals surface area contributed by atoms with Crippen molar-refractivity contribution in [3.05, 3.63) is 247 Å². The van der Waals surface area contributed by atoms with Gasteiger partial charge >= 0.3 is 0 Å². The van der Waals surface area contributed by atoms with E-state index in [4.69, 9.17) is 19.4 Å². The normalized spacial score (nSPS) is 12.6. The lowest BCUT2D eigenvalue weighted by Gasteiger charge is -2.34. The second-order valence-electron chi connectivity index (χ2n) is 15.9. The second kappa shape index (κ2) is 14.5. The molecule has 0 saturated carbocycles. The van der Waals surface area contributed by atoms with Crippen LogP contribution < -0.4 is 0 Å². The smallest absolute Gasteiger partial charge is 0.164 e. The predicted octanol–water partition coefficient (Wildman–Crippen LogP) is 14.5. The largest absolute Gasteiger partial charge is 0.456 e. The number of para-hydroxylation sites is 1. The first-order valence-corrected chi connectivity index (χ1v) is 21.0. The molecule has 9 aromatic carbocycles.